The minimum Gasteiger partial charge on any atom is -0.326 e. The van der Waals surface area contributed by atoms with Crippen LogP contribution in [0.15, 0.2) is 65.7 Å². The van der Waals surface area contributed by atoms with Crippen molar-refractivity contribution in [3.05, 3.63) is 93.0 Å². The summed E-state index contributed by atoms with van der Waals surface area (Å²) in [7, 11) is 0. The zero-order chi connectivity index (χ0) is 27.6. The van der Waals surface area contributed by atoms with E-state index < -0.39 is 27.9 Å². The largest absolute Gasteiger partial charge is 0.417 e. The number of hydrogen-bond donors (Lipinski definition) is 1. The van der Waals surface area contributed by atoms with Crippen molar-refractivity contribution in [3.8, 4) is 0 Å². The Bertz CT molecular complexity index is 1410. The first kappa shape index (κ1) is 28.0. The van der Waals surface area contributed by atoms with Crippen LogP contribution in [0.5, 0.6) is 0 Å². The number of nitrogens with zero attached hydrogens (tertiary/aromatic N) is 2. The van der Waals surface area contributed by atoms with Crippen LogP contribution in [0.1, 0.15) is 28.7 Å². The molecule has 1 atom stereocenters. The molecule has 0 aliphatic carbocycles. The van der Waals surface area contributed by atoms with E-state index in [1.165, 1.54) is 11.0 Å². The van der Waals surface area contributed by atoms with Crippen molar-refractivity contribution in [2.24, 2.45) is 4.99 Å². The molecule has 38 heavy (non-hydrogen) atoms. The number of halogens is 5. The zero-order valence-electron chi connectivity index (χ0n) is 20.3. The van der Waals surface area contributed by atoms with Crippen molar-refractivity contribution in [1.29, 1.82) is 0 Å². The quantitative estimate of drug-likeness (QED) is 0.324. The van der Waals surface area contributed by atoms with Gasteiger partial charge in [-0.15, -0.1) is 0 Å². The summed E-state index contributed by atoms with van der Waals surface area (Å²) < 4.78 is 39.6. The Morgan fingerprint density at radius 2 is 1.76 bits per heavy atom. The van der Waals surface area contributed by atoms with Gasteiger partial charge in [0.2, 0.25) is 11.8 Å². The topological polar surface area (TPSA) is 61.8 Å². The summed E-state index contributed by atoms with van der Waals surface area (Å²) in [6, 6.07) is 16.1. The third-order valence-corrected chi connectivity index (χ3v) is 7.78. The third-order valence-electron chi connectivity index (χ3n) is 5.86. The van der Waals surface area contributed by atoms with E-state index in [0.29, 0.717) is 15.9 Å². The molecule has 0 radical (unpaired) electrons. The Balaban J connectivity index is 1.57. The van der Waals surface area contributed by atoms with Gasteiger partial charge in [0.25, 0.3) is 0 Å². The molecule has 1 fully saturated rings. The number of nitrogens with one attached hydrogen (secondary N) is 1. The van der Waals surface area contributed by atoms with Crippen molar-refractivity contribution < 1.29 is 22.8 Å². The fourth-order valence-corrected chi connectivity index (χ4v) is 5.31. The number of alkyl halides is 3. The maximum atomic E-state index is 13.4. The molecule has 1 N–H and O–H groups in total. The first-order valence-corrected chi connectivity index (χ1v) is 13.1. The van der Waals surface area contributed by atoms with Gasteiger partial charge in [0.1, 0.15) is 5.25 Å². The molecule has 0 unspecified atom stereocenters. The number of aliphatic imine (C=N–C) groups is 1. The first-order chi connectivity index (χ1) is 17.9. The predicted octanol–water partition coefficient (Wildman–Crippen LogP) is 7.79. The standard InChI is InChI=1S/C27H22Cl2F3N3O2S/c1-15-6-8-17(9-7-15)14-35-25(37)23(38-26(35)34-22-5-3-4-20(28)16(22)2)13-24(36)33-18-10-11-21(29)19(12-18)27(30,31)32/h3-12,23H,13-14H2,1-2H3,(H,33,36)/t23-/m0/s1. The average Bonchev–Trinajstić information content (AvgIpc) is 3.12. The minimum atomic E-state index is -4.67. The van der Waals surface area contributed by atoms with Crippen molar-refractivity contribution >= 4 is 63.3 Å². The van der Waals surface area contributed by atoms with Gasteiger partial charge in [-0.05, 0) is 55.3 Å². The molecule has 1 heterocycles. The molecule has 198 valence electrons. The normalized spacial score (nSPS) is 16.8. The zero-order valence-corrected chi connectivity index (χ0v) is 22.6. The Morgan fingerprint density at radius 1 is 1.05 bits per heavy atom. The Morgan fingerprint density at radius 3 is 2.45 bits per heavy atom. The fraction of sp³-hybridized carbons (Fsp3) is 0.222. The van der Waals surface area contributed by atoms with E-state index in [0.717, 1.165) is 40.6 Å². The van der Waals surface area contributed by atoms with Gasteiger partial charge in [-0.3, -0.25) is 14.5 Å². The number of thioether (sulfide) groups is 1. The summed E-state index contributed by atoms with van der Waals surface area (Å²) in [4.78, 5) is 32.4. The van der Waals surface area contributed by atoms with Crippen LogP contribution in [0.4, 0.5) is 24.5 Å². The summed E-state index contributed by atoms with van der Waals surface area (Å²) >= 11 is 13.0. The molecule has 5 nitrogen and oxygen atoms in total. The van der Waals surface area contributed by atoms with Gasteiger partial charge in [0.15, 0.2) is 5.17 Å². The maximum absolute atomic E-state index is 13.4. The van der Waals surface area contributed by atoms with Gasteiger partial charge in [0, 0.05) is 17.1 Å². The molecule has 4 rings (SSSR count). The van der Waals surface area contributed by atoms with E-state index in [4.69, 9.17) is 23.2 Å². The number of hydrogen-bond acceptors (Lipinski definition) is 4. The highest BCUT2D eigenvalue weighted by Gasteiger charge is 2.39. The Kier molecular flexibility index (Phi) is 8.40. The van der Waals surface area contributed by atoms with Gasteiger partial charge in [-0.2, -0.15) is 13.2 Å². The fourth-order valence-electron chi connectivity index (χ4n) is 3.77. The minimum absolute atomic E-state index is 0.0675. The molecule has 1 aliphatic rings. The summed E-state index contributed by atoms with van der Waals surface area (Å²) in [5.41, 5.74) is 2.17. The van der Waals surface area contributed by atoms with Crippen molar-refractivity contribution in [2.45, 2.75) is 38.2 Å². The molecule has 1 saturated heterocycles. The lowest BCUT2D eigenvalue weighted by Gasteiger charge is -2.17. The van der Waals surface area contributed by atoms with Crippen molar-refractivity contribution in [2.75, 3.05) is 5.32 Å². The van der Waals surface area contributed by atoms with Crippen molar-refractivity contribution in [3.63, 3.8) is 0 Å². The summed E-state index contributed by atoms with van der Waals surface area (Å²) in [5.74, 6) is -0.932. The second-order valence-corrected chi connectivity index (χ2v) is 10.7. The number of benzene rings is 3. The molecule has 11 heteroatoms. The number of rotatable bonds is 6. The van der Waals surface area contributed by atoms with Crippen LogP contribution in [-0.4, -0.2) is 27.1 Å². The maximum Gasteiger partial charge on any atom is 0.417 e. The number of anilines is 1. The molecule has 0 aromatic heterocycles. The van der Waals surface area contributed by atoms with Gasteiger partial charge in [0.05, 0.1) is 22.8 Å². The van der Waals surface area contributed by atoms with Crippen LogP contribution in [0.25, 0.3) is 0 Å². The predicted molar refractivity (Wildman–Crippen MR) is 146 cm³/mol. The first-order valence-electron chi connectivity index (χ1n) is 11.5. The highest BCUT2D eigenvalue weighted by molar-refractivity contribution is 8.15. The number of amidine groups is 1. The second-order valence-electron chi connectivity index (χ2n) is 8.74. The highest BCUT2D eigenvalue weighted by Crippen LogP contribution is 2.37. The molecule has 0 spiro atoms. The highest BCUT2D eigenvalue weighted by atomic mass is 35.5. The Labute approximate surface area is 232 Å². The van der Waals surface area contributed by atoms with Crippen LogP contribution >= 0.6 is 35.0 Å². The van der Waals surface area contributed by atoms with Gasteiger partial charge < -0.3 is 5.32 Å². The van der Waals surface area contributed by atoms with Gasteiger partial charge >= 0.3 is 6.18 Å². The monoisotopic (exact) mass is 579 g/mol. The van der Waals surface area contributed by atoms with E-state index in [2.05, 4.69) is 10.3 Å². The molecule has 0 bridgehead atoms. The molecule has 1 aliphatic heterocycles. The number of aryl methyl sites for hydroxylation is 1. The van der Waals surface area contributed by atoms with Gasteiger partial charge in [-0.1, -0.05) is 70.9 Å². The smallest absolute Gasteiger partial charge is 0.326 e. The van der Waals surface area contributed by atoms with E-state index in [1.54, 1.807) is 18.2 Å². The van der Waals surface area contributed by atoms with Crippen LogP contribution in [0.2, 0.25) is 10.0 Å². The van der Waals surface area contributed by atoms with Gasteiger partial charge in [-0.25, -0.2) is 4.99 Å². The number of carbonyl (C=O) groups excluding carboxylic acids is 2. The molecular weight excluding hydrogens is 558 g/mol. The molecule has 3 aromatic rings. The third kappa shape index (κ3) is 6.51. The van der Waals surface area contributed by atoms with E-state index in [9.17, 15) is 22.8 Å². The van der Waals surface area contributed by atoms with Crippen molar-refractivity contribution in [1.82, 2.24) is 4.90 Å². The lowest BCUT2D eigenvalue weighted by atomic mass is 10.1. The Hall–Kier alpha value is -3.01. The van der Waals surface area contributed by atoms with E-state index in [1.807, 2.05) is 38.1 Å². The number of carbonyl (C=O) groups is 2. The SMILES string of the molecule is Cc1ccc(CN2C(=O)[C@H](CC(=O)Nc3ccc(Cl)c(C(F)(F)F)c3)SC2=Nc2cccc(Cl)c2C)cc1. The molecule has 2 amide bonds. The second kappa shape index (κ2) is 11.4. The van der Waals surface area contributed by atoms with Crippen LogP contribution < -0.4 is 5.32 Å². The van der Waals surface area contributed by atoms with E-state index >= 15 is 0 Å². The van der Waals surface area contributed by atoms with Crippen LogP contribution in [0.3, 0.4) is 0 Å². The summed E-state index contributed by atoms with van der Waals surface area (Å²) in [5, 5.41) is 2.10. The molecule has 0 saturated carbocycles. The number of amides is 2. The lowest BCUT2D eigenvalue weighted by Crippen LogP contribution is -2.33. The van der Waals surface area contributed by atoms with Crippen LogP contribution in [-0.2, 0) is 22.3 Å². The molecule has 3 aromatic carbocycles. The lowest BCUT2D eigenvalue weighted by molar-refractivity contribution is -0.137. The summed E-state index contributed by atoms with van der Waals surface area (Å²) in [6.07, 6.45) is -4.93. The van der Waals surface area contributed by atoms with E-state index in [-0.39, 0.29) is 24.6 Å². The average molecular weight is 580 g/mol. The van der Waals surface area contributed by atoms with Crippen LogP contribution in [0, 0.1) is 13.8 Å². The summed E-state index contributed by atoms with van der Waals surface area (Å²) in [6.45, 7) is 4.02. The molecular formula is C27H22Cl2F3N3O2S.